The van der Waals surface area contributed by atoms with Crippen molar-refractivity contribution in [2.75, 3.05) is 18.1 Å². The predicted octanol–water partition coefficient (Wildman–Crippen LogP) is 2.73. The second kappa shape index (κ2) is 6.48. The van der Waals surface area contributed by atoms with Crippen molar-refractivity contribution in [1.29, 1.82) is 0 Å². The zero-order valence-corrected chi connectivity index (χ0v) is 14.7. The molecular weight excluding hydrogens is 354 g/mol. The van der Waals surface area contributed by atoms with Crippen LogP contribution in [0.15, 0.2) is 28.7 Å². The standard InChI is InChI=1S/C15H20BrNO3S/c1-11(2)9-17(14-6-7-21(19,20)10-14)15(18)12-4-3-5-13(16)8-12/h3-5,8,11,14H,6-7,9-10H2,1-2H3/t14-/m0/s1. The van der Waals surface area contributed by atoms with Gasteiger partial charge < -0.3 is 4.90 Å². The second-order valence-electron chi connectivity index (χ2n) is 5.92. The summed E-state index contributed by atoms with van der Waals surface area (Å²) in [7, 11) is -3.00. The van der Waals surface area contributed by atoms with Gasteiger partial charge in [0, 0.05) is 22.6 Å². The van der Waals surface area contributed by atoms with Gasteiger partial charge in [0.1, 0.15) is 0 Å². The summed E-state index contributed by atoms with van der Waals surface area (Å²) >= 11 is 3.37. The minimum absolute atomic E-state index is 0.0828. The van der Waals surface area contributed by atoms with Crippen LogP contribution >= 0.6 is 15.9 Å². The Bertz CT molecular complexity index is 628. The number of benzene rings is 1. The number of amides is 1. The van der Waals surface area contributed by atoms with Gasteiger partial charge in [-0.2, -0.15) is 0 Å². The zero-order valence-electron chi connectivity index (χ0n) is 12.3. The van der Waals surface area contributed by atoms with Crippen molar-refractivity contribution in [3.63, 3.8) is 0 Å². The quantitative estimate of drug-likeness (QED) is 0.815. The Morgan fingerprint density at radius 3 is 2.67 bits per heavy atom. The highest BCUT2D eigenvalue weighted by Crippen LogP contribution is 2.22. The summed E-state index contributed by atoms with van der Waals surface area (Å²) in [5.74, 6) is 0.466. The van der Waals surface area contributed by atoms with Crippen molar-refractivity contribution in [2.45, 2.75) is 26.3 Å². The van der Waals surface area contributed by atoms with Gasteiger partial charge in [0.2, 0.25) is 0 Å². The summed E-state index contributed by atoms with van der Waals surface area (Å²) in [5.41, 5.74) is 0.592. The lowest BCUT2D eigenvalue weighted by Crippen LogP contribution is -2.43. The molecular formula is C15H20BrNO3S. The highest BCUT2D eigenvalue weighted by molar-refractivity contribution is 9.10. The first-order valence-electron chi connectivity index (χ1n) is 7.05. The van der Waals surface area contributed by atoms with E-state index in [4.69, 9.17) is 0 Å². The Hall–Kier alpha value is -0.880. The van der Waals surface area contributed by atoms with Crippen LogP contribution in [0.5, 0.6) is 0 Å². The molecule has 1 aliphatic heterocycles. The van der Waals surface area contributed by atoms with Crippen molar-refractivity contribution >= 4 is 31.7 Å². The van der Waals surface area contributed by atoms with Crippen LogP contribution in [0.3, 0.4) is 0 Å². The summed E-state index contributed by atoms with van der Waals surface area (Å²) in [6.45, 7) is 4.64. The normalized spacial score (nSPS) is 20.7. The van der Waals surface area contributed by atoms with E-state index in [2.05, 4.69) is 15.9 Å². The minimum atomic E-state index is -3.00. The van der Waals surface area contributed by atoms with Crippen LogP contribution in [-0.4, -0.2) is 43.3 Å². The lowest BCUT2D eigenvalue weighted by molar-refractivity contribution is 0.0672. The molecule has 0 radical (unpaired) electrons. The highest BCUT2D eigenvalue weighted by atomic mass is 79.9. The molecule has 0 saturated carbocycles. The van der Waals surface area contributed by atoms with E-state index >= 15 is 0 Å². The SMILES string of the molecule is CC(C)CN(C(=O)c1cccc(Br)c1)[C@H]1CCS(=O)(=O)C1. The average molecular weight is 374 g/mol. The molecule has 0 spiro atoms. The molecule has 1 aromatic rings. The third kappa shape index (κ3) is 4.30. The second-order valence-corrected chi connectivity index (χ2v) is 9.06. The molecule has 0 bridgehead atoms. The molecule has 116 valence electrons. The van der Waals surface area contributed by atoms with E-state index in [1.165, 1.54) is 0 Å². The fourth-order valence-electron chi connectivity index (χ4n) is 2.60. The maximum atomic E-state index is 12.7. The molecule has 1 heterocycles. The number of sulfone groups is 1. The van der Waals surface area contributed by atoms with Crippen LogP contribution < -0.4 is 0 Å². The number of nitrogens with zero attached hydrogens (tertiary/aromatic N) is 1. The van der Waals surface area contributed by atoms with Gasteiger partial charge in [-0.1, -0.05) is 35.8 Å². The fourth-order valence-corrected chi connectivity index (χ4v) is 4.73. The zero-order chi connectivity index (χ0) is 15.6. The van der Waals surface area contributed by atoms with Gasteiger partial charge >= 0.3 is 0 Å². The Morgan fingerprint density at radius 1 is 1.43 bits per heavy atom. The van der Waals surface area contributed by atoms with Crippen LogP contribution in [-0.2, 0) is 9.84 Å². The third-order valence-electron chi connectivity index (χ3n) is 3.54. The highest BCUT2D eigenvalue weighted by Gasteiger charge is 2.35. The first-order valence-corrected chi connectivity index (χ1v) is 9.67. The lowest BCUT2D eigenvalue weighted by Gasteiger charge is -2.30. The van der Waals surface area contributed by atoms with Crippen LogP contribution in [0.4, 0.5) is 0 Å². The van der Waals surface area contributed by atoms with Crippen molar-refractivity contribution < 1.29 is 13.2 Å². The van der Waals surface area contributed by atoms with Crippen LogP contribution in [0.2, 0.25) is 0 Å². The van der Waals surface area contributed by atoms with Gasteiger partial charge in [-0.25, -0.2) is 8.42 Å². The molecule has 1 aromatic carbocycles. The molecule has 21 heavy (non-hydrogen) atoms. The number of rotatable bonds is 4. The first kappa shape index (κ1) is 16.5. The molecule has 0 N–H and O–H groups in total. The van der Waals surface area contributed by atoms with Crippen LogP contribution in [0.25, 0.3) is 0 Å². The molecule has 2 rings (SSSR count). The van der Waals surface area contributed by atoms with Crippen LogP contribution in [0.1, 0.15) is 30.6 Å². The predicted molar refractivity (Wildman–Crippen MR) is 87.1 cm³/mol. The number of hydrogen-bond donors (Lipinski definition) is 0. The third-order valence-corrected chi connectivity index (χ3v) is 5.79. The average Bonchev–Trinajstić information content (AvgIpc) is 2.75. The smallest absolute Gasteiger partial charge is 0.254 e. The number of carbonyl (C=O) groups excluding carboxylic acids is 1. The van der Waals surface area contributed by atoms with Crippen molar-refractivity contribution in [1.82, 2.24) is 4.90 Å². The van der Waals surface area contributed by atoms with Gasteiger partial charge in [-0.3, -0.25) is 4.79 Å². The van der Waals surface area contributed by atoms with Crippen molar-refractivity contribution in [3.8, 4) is 0 Å². The summed E-state index contributed by atoms with van der Waals surface area (Å²) in [6, 6.07) is 7.02. The number of hydrogen-bond acceptors (Lipinski definition) is 3. The van der Waals surface area contributed by atoms with Gasteiger partial charge in [0.15, 0.2) is 9.84 Å². The number of carbonyl (C=O) groups is 1. The molecule has 1 atom stereocenters. The topological polar surface area (TPSA) is 54.5 Å². The molecule has 6 heteroatoms. The van der Waals surface area contributed by atoms with Gasteiger partial charge in [0.25, 0.3) is 5.91 Å². The Morgan fingerprint density at radius 2 is 2.14 bits per heavy atom. The van der Waals surface area contributed by atoms with E-state index in [0.29, 0.717) is 24.4 Å². The van der Waals surface area contributed by atoms with Crippen molar-refractivity contribution in [2.24, 2.45) is 5.92 Å². The summed E-state index contributed by atoms with van der Waals surface area (Å²) in [5, 5.41) is 0. The first-order chi connectivity index (χ1) is 9.78. The lowest BCUT2D eigenvalue weighted by atomic mass is 10.1. The Balaban J connectivity index is 2.26. The van der Waals surface area contributed by atoms with E-state index in [1.807, 2.05) is 26.0 Å². The molecule has 0 aromatic heterocycles. The maximum absolute atomic E-state index is 12.7. The Labute approximate surface area is 134 Å². The van der Waals surface area contributed by atoms with Crippen molar-refractivity contribution in [3.05, 3.63) is 34.3 Å². The van der Waals surface area contributed by atoms with E-state index in [1.54, 1.807) is 17.0 Å². The minimum Gasteiger partial charge on any atom is -0.334 e. The molecule has 1 saturated heterocycles. The molecule has 1 fully saturated rings. The molecule has 0 unspecified atom stereocenters. The largest absolute Gasteiger partial charge is 0.334 e. The van der Waals surface area contributed by atoms with E-state index in [-0.39, 0.29) is 23.5 Å². The van der Waals surface area contributed by atoms with E-state index < -0.39 is 9.84 Å². The van der Waals surface area contributed by atoms with Crippen LogP contribution in [0, 0.1) is 5.92 Å². The molecule has 4 nitrogen and oxygen atoms in total. The monoisotopic (exact) mass is 373 g/mol. The maximum Gasteiger partial charge on any atom is 0.254 e. The molecule has 0 aliphatic carbocycles. The molecule has 1 amide bonds. The van der Waals surface area contributed by atoms with Gasteiger partial charge in [0.05, 0.1) is 11.5 Å². The van der Waals surface area contributed by atoms with Gasteiger partial charge in [-0.05, 0) is 30.5 Å². The summed E-state index contributed by atoms with van der Waals surface area (Å²) in [4.78, 5) is 14.5. The summed E-state index contributed by atoms with van der Waals surface area (Å²) < 4.78 is 24.2. The number of halogens is 1. The van der Waals surface area contributed by atoms with E-state index in [0.717, 1.165) is 4.47 Å². The summed E-state index contributed by atoms with van der Waals surface area (Å²) in [6.07, 6.45) is 0.537. The molecule has 1 aliphatic rings. The van der Waals surface area contributed by atoms with Gasteiger partial charge in [-0.15, -0.1) is 0 Å². The Kier molecular flexibility index (Phi) is 5.09. The van der Waals surface area contributed by atoms with E-state index in [9.17, 15) is 13.2 Å². The fraction of sp³-hybridized carbons (Fsp3) is 0.533.